The lowest BCUT2D eigenvalue weighted by Gasteiger charge is -2.50. The van der Waals surface area contributed by atoms with Crippen molar-refractivity contribution in [3.8, 4) is 5.75 Å². The number of imide groups is 2. The van der Waals surface area contributed by atoms with Crippen LogP contribution in [0.1, 0.15) is 35.6 Å². The zero-order valence-corrected chi connectivity index (χ0v) is 29.5. The van der Waals surface area contributed by atoms with E-state index in [4.69, 9.17) is 34.8 Å². The number of pyridine rings is 1. The maximum absolute atomic E-state index is 15.2. The first-order valence-electron chi connectivity index (χ1n) is 15.7. The van der Waals surface area contributed by atoms with Gasteiger partial charge in [0, 0.05) is 18.5 Å². The van der Waals surface area contributed by atoms with Gasteiger partial charge in [0.25, 0.3) is 23.6 Å². The normalized spacial score (nSPS) is 28.0. The van der Waals surface area contributed by atoms with Crippen LogP contribution in [0.3, 0.4) is 0 Å². The summed E-state index contributed by atoms with van der Waals surface area (Å²) >= 11 is 20.3. The molecule has 9 nitrogen and oxygen atoms in total. The molecular weight excluding hydrogens is 803 g/mol. The maximum Gasteiger partial charge on any atom is 0.433 e. The molecule has 0 spiro atoms. The summed E-state index contributed by atoms with van der Waals surface area (Å²) < 4.78 is 114. The van der Waals surface area contributed by atoms with Crippen molar-refractivity contribution in [2.75, 3.05) is 17.0 Å². The number of rotatable bonds is 4. The van der Waals surface area contributed by atoms with Crippen LogP contribution in [0.25, 0.3) is 0 Å². The van der Waals surface area contributed by atoms with Gasteiger partial charge in [-0.1, -0.05) is 41.4 Å². The fourth-order valence-corrected chi connectivity index (χ4v) is 9.17. The van der Waals surface area contributed by atoms with Crippen LogP contribution >= 0.6 is 34.8 Å². The second kappa shape index (κ2) is 12.3. The number of phenolic OH excluding ortho intramolecular Hbond substituents is 1. The lowest BCUT2D eigenvalue weighted by Crippen LogP contribution is -2.60. The van der Waals surface area contributed by atoms with E-state index in [9.17, 15) is 50.6 Å². The SMILES string of the molecule is Cc1cccc(C2C3=CCC4C(=O)N(N(C)c5nc(C(F)(F)F)ccc5Cl)C(=O)C4C3CC3(Cl)C(=O)N(c4c(F)c(F)c(F)c(F)c4F)C(=O)C23Cl)c1O. The van der Waals surface area contributed by atoms with Crippen LogP contribution in [0.4, 0.5) is 46.6 Å². The van der Waals surface area contributed by atoms with Crippen molar-refractivity contribution in [2.24, 2.45) is 17.8 Å². The number of aromatic hydroxyl groups is 1. The molecule has 7 rings (SSSR count). The fraction of sp³-hybridized carbons (Fsp3) is 0.324. The second-order valence-corrected chi connectivity index (χ2v) is 14.9. The van der Waals surface area contributed by atoms with E-state index < -0.39 is 122 Å². The Morgan fingerprint density at radius 2 is 1.50 bits per heavy atom. The first-order chi connectivity index (χ1) is 25.1. The van der Waals surface area contributed by atoms with Crippen LogP contribution in [0.2, 0.25) is 5.02 Å². The number of carbonyl (C=O) groups is 4. The molecule has 2 saturated heterocycles. The molecule has 2 aliphatic carbocycles. The number of alkyl halides is 5. The van der Waals surface area contributed by atoms with Gasteiger partial charge in [-0.05, 0) is 43.4 Å². The van der Waals surface area contributed by atoms with Gasteiger partial charge in [-0.3, -0.25) is 24.2 Å². The molecule has 6 unspecified atom stereocenters. The maximum atomic E-state index is 15.2. The van der Waals surface area contributed by atoms with Crippen LogP contribution in [0.15, 0.2) is 42.0 Å². The lowest BCUT2D eigenvalue weighted by atomic mass is 9.56. The summed E-state index contributed by atoms with van der Waals surface area (Å²) in [6, 6.07) is 5.57. The van der Waals surface area contributed by atoms with Crippen LogP contribution < -0.4 is 9.91 Å². The first-order valence-corrected chi connectivity index (χ1v) is 16.9. The number of nitrogens with zero attached hydrogens (tertiary/aromatic N) is 4. The number of hydrogen-bond acceptors (Lipinski definition) is 7. The number of halogens is 11. The number of fused-ring (bicyclic) bond motifs is 4. The predicted octanol–water partition coefficient (Wildman–Crippen LogP) is 7.08. The number of aromatic nitrogens is 1. The Morgan fingerprint density at radius 3 is 2.11 bits per heavy atom. The Hall–Kier alpha value is -4.48. The van der Waals surface area contributed by atoms with Crippen molar-refractivity contribution < 1.29 is 59.4 Å². The van der Waals surface area contributed by atoms with E-state index in [-0.39, 0.29) is 33.0 Å². The summed E-state index contributed by atoms with van der Waals surface area (Å²) in [5.41, 5.74) is -3.31. The minimum Gasteiger partial charge on any atom is -0.507 e. The molecule has 3 aromatic rings. The number of allylic oxidation sites excluding steroid dienone is 2. The molecule has 4 aliphatic rings. The van der Waals surface area contributed by atoms with Crippen molar-refractivity contribution in [1.29, 1.82) is 0 Å². The molecular formula is C34H21Cl3F8N4O5. The van der Waals surface area contributed by atoms with Crippen molar-refractivity contribution in [3.05, 3.63) is 92.9 Å². The van der Waals surface area contributed by atoms with Gasteiger partial charge in [-0.15, -0.1) is 23.2 Å². The molecule has 2 aliphatic heterocycles. The van der Waals surface area contributed by atoms with Crippen LogP contribution in [0, 0.1) is 53.8 Å². The van der Waals surface area contributed by atoms with Gasteiger partial charge in [0.15, 0.2) is 38.8 Å². The van der Waals surface area contributed by atoms with E-state index >= 15 is 8.78 Å². The molecule has 54 heavy (non-hydrogen) atoms. The Balaban J connectivity index is 1.39. The molecule has 3 fully saturated rings. The van der Waals surface area contributed by atoms with E-state index in [1.165, 1.54) is 31.2 Å². The van der Waals surface area contributed by atoms with Crippen molar-refractivity contribution in [2.45, 2.75) is 41.6 Å². The van der Waals surface area contributed by atoms with Gasteiger partial charge in [-0.25, -0.2) is 31.8 Å². The number of anilines is 2. The zero-order chi connectivity index (χ0) is 39.7. The highest BCUT2D eigenvalue weighted by atomic mass is 35.5. The largest absolute Gasteiger partial charge is 0.507 e. The number of amides is 4. The van der Waals surface area contributed by atoms with E-state index in [1.807, 2.05) is 0 Å². The highest BCUT2D eigenvalue weighted by Crippen LogP contribution is 2.67. The molecule has 0 bridgehead atoms. The highest BCUT2D eigenvalue weighted by Gasteiger charge is 2.77. The molecule has 1 N–H and O–H groups in total. The van der Waals surface area contributed by atoms with E-state index in [1.54, 1.807) is 0 Å². The van der Waals surface area contributed by atoms with Crippen LogP contribution in [-0.2, 0) is 25.4 Å². The number of benzene rings is 2. The number of phenols is 1. The first kappa shape index (κ1) is 37.8. The lowest BCUT2D eigenvalue weighted by molar-refractivity contribution is -0.141. The van der Waals surface area contributed by atoms with Crippen LogP contribution in [-0.4, -0.2) is 55.5 Å². The number of hydrogen-bond donors (Lipinski definition) is 1. The second-order valence-electron chi connectivity index (χ2n) is 13.2. The fourth-order valence-electron chi connectivity index (χ4n) is 8.02. The monoisotopic (exact) mass is 822 g/mol. The van der Waals surface area contributed by atoms with Gasteiger partial charge in [0.05, 0.1) is 16.9 Å². The Kier molecular flexibility index (Phi) is 8.59. The summed E-state index contributed by atoms with van der Waals surface area (Å²) in [7, 11) is 1.05. The summed E-state index contributed by atoms with van der Waals surface area (Å²) in [6.45, 7) is 1.45. The van der Waals surface area contributed by atoms with Gasteiger partial charge in [0.2, 0.25) is 5.82 Å². The van der Waals surface area contributed by atoms with E-state index in [0.717, 1.165) is 13.1 Å². The van der Waals surface area contributed by atoms with Gasteiger partial charge in [0.1, 0.15) is 17.1 Å². The number of carbonyl (C=O) groups excluding carboxylic acids is 4. The minimum atomic E-state index is -4.94. The summed E-state index contributed by atoms with van der Waals surface area (Å²) in [5.74, 6) is -25.1. The molecule has 1 saturated carbocycles. The van der Waals surface area contributed by atoms with Crippen LogP contribution in [0.5, 0.6) is 5.75 Å². The van der Waals surface area contributed by atoms with Crippen molar-refractivity contribution in [1.82, 2.24) is 9.99 Å². The molecule has 0 radical (unpaired) electrons. The summed E-state index contributed by atoms with van der Waals surface area (Å²) in [6.07, 6.45) is -4.67. The number of hydrazine groups is 1. The average Bonchev–Trinajstić information content (AvgIpc) is 3.45. The molecule has 284 valence electrons. The highest BCUT2D eigenvalue weighted by molar-refractivity contribution is 6.58. The molecule has 6 atom stereocenters. The van der Waals surface area contributed by atoms with Gasteiger partial charge < -0.3 is 5.11 Å². The quantitative estimate of drug-likeness (QED) is 0.0749. The van der Waals surface area contributed by atoms with Gasteiger partial charge in [-0.2, -0.15) is 18.2 Å². The average molecular weight is 824 g/mol. The molecule has 4 amide bonds. The third kappa shape index (κ3) is 4.86. The molecule has 2 aromatic carbocycles. The van der Waals surface area contributed by atoms with E-state index in [2.05, 4.69) is 4.98 Å². The molecule has 20 heteroatoms. The van der Waals surface area contributed by atoms with E-state index in [0.29, 0.717) is 16.1 Å². The Bertz CT molecular complexity index is 2250. The smallest absolute Gasteiger partial charge is 0.433 e. The Labute approximate surface area is 313 Å². The summed E-state index contributed by atoms with van der Waals surface area (Å²) in [4.78, 5) is 54.3. The predicted molar refractivity (Wildman–Crippen MR) is 174 cm³/mol. The Morgan fingerprint density at radius 1 is 0.889 bits per heavy atom. The van der Waals surface area contributed by atoms with Crippen molar-refractivity contribution in [3.63, 3.8) is 0 Å². The number of para-hydroxylation sites is 1. The topological polar surface area (TPSA) is 111 Å². The van der Waals surface area contributed by atoms with Crippen molar-refractivity contribution >= 4 is 69.9 Å². The third-order valence-electron chi connectivity index (χ3n) is 10.5. The minimum absolute atomic E-state index is 0.0460. The third-order valence-corrected chi connectivity index (χ3v) is 12.2. The molecule has 1 aromatic heterocycles. The van der Waals surface area contributed by atoms with Gasteiger partial charge >= 0.3 is 6.18 Å². The summed E-state index contributed by atoms with van der Waals surface area (Å²) in [5, 5.41) is 12.1. The number of aryl methyl sites for hydroxylation is 1. The zero-order valence-electron chi connectivity index (χ0n) is 27.2. The standard InChI is InChI=1S/C34H21Cl3F8N4O5/c1-11-4-3-5-14(26(11)50)19-12-6-7-13-18(29(52)49(28(13)51)47(2)27-16(35)8-9-17(46-27)34(43,44)45)15(12)10-32(36)30(53)48(31(54)33(19,32)37)25-23(41)21(39)20(38)22(40)24(25)42/h3-6,8-9,13,15,18-19,50H,7,10H2,1-2H3. The molecule has 3 heterocycles.